The highest BCUT2D eigenvalue weighted by molar-refractivity contribution is 5.46. The van der Waals surface area contributed by atoms with E-state index in [2.05, 4.69) is 30.9 Å². The predicted octanol–water partition coefficient (Wildman–Crippen LogP) is 9.03. The fraction of sp³-hybridized carbons (Fsp3) is 0.438. The van der Waals surface area contributed by atoms with E-state index in [9.17, 15) is 17.6 Å². The van der Waals surface area contributed by atoms with Crippen molar-refractivity contribution in [2.24, 2.45) is 17.8 Å². The summed E-state index contributed by atoms with van der Waals surface area (Å²) in [6.07, 6.45) is 15.5. The molecule has 36 heavy (non-hydrogen) atoms. The lowest BCUT2D eigenvalue weighted by molar-refractivity contribution is 0.133. The van der Waals surface area contributed by atoms with Crippen LogP contribution in [0.1, 0.15) is 87.0 Å². The first-order valence-electron chi connectivity index (χ1n) is 13.1. The maximum absolute atomic E-state index is 14.9. The van der Waals surface area contributed by atoms with Gasteiger partial charge in [0, 0.05) is 11.1 Å². The Bertz CT molecular complexity index is 1150. The molecule has 2 aromatic carbocycles. The van der Waals surface area contributed by atoms with Crippen LogP contribution < -0.4 is 0 Å². The number of halogens is 4. The lowest BCUT2D eigenvalue weighted by Gasteiger charge is -2.41. The molecule has 4 atom stereocenters. The quantitative estimate of drug-likeness (QED) is 0.221. The average Bonchev–Trinajstić information content (AvgIpc) is 2.85. The van der Waals surface area contributed by atoms with Crippen molar-refractivity contribution >= 4 is 0 Å². The Morgan fingerprint density at radius 1 is 0.778 bits per heavy atom. The maximum atomic E-state index is 14.9. The molecule has 2 aromatic rings. The van der Waals surface area contributed by atoms with Gasteiger partial charge in [-0.2, -0.15) is 0 Å². The van der Waals surface area contributed by atoms with Crippen LogP contribution in [-0.4, -0.2) is 0 Å². The highest BCUT2D eigenvalue weighted by Crippen LogP contribution is 2.48. The molecule has 2 aliphatic carbocycles. The lowest BCUT2D eigenvalue weighted by Crippen LogP contribution is -2.30. The molecule has 0 saturated heterocycles. The van der Waals surface area contributed by atoms with E-state index in [1.54, 1.807) is 0 Å². The van der Waals surface area contributed by atoms with Crippen LogP contribution in [0.3, 0.4) is 0 Å². The molecule has 190 valence electrons. The maximum Gasteiger partial charge on any atom is 0.142 e. The van der Waals surface area contributed by atoms with Gasteiger partial charge in [0.25, 0.3) is 0 Å². The second kappa shape index (κ2) is 12.0. The number of benzene rings is 2. The molecule has 4 unspecified atom stereocenters. The van der Waals surface area contributed by atoms with Gasteiger partial charge in [-0.25, -0.2) is 17.6 Å². The smallest absolute Gasteiger partial charge is 0.142 e. The molecule has 4 heteroatoms. The van der Waals surface area contributed by atoms with Crippen LogP contribution in [-0.2, 0) is 6.42 Å². The van der Waals surface area contributed by atoms with Gasteiger partial charge in [-0.15, -0.1) is 0 Å². The largest absolute Gasteiger partial charge is 0.207 e. The van der Waals surface area contributed by atoms with Crippen molar-refractivity contribution in [2.45, 2.75) is 71.1 Å². The second-order valence-electron chi connectivity index (χ2n) is 10.3. The van der Waals surface area contributed by atoms with E-state index in [0.29, 0.717) is 29.7 Å². The predicted molar refractivity (Wildman–Crippen MR) is 138 cm³/mol. The first-order valence-corrected chi connectivity index (χ1v) is 13.1. The highest BCUT2D eigenvalue weighted by Gasteiger charge is 2.35. The molecule has 2 aliphatic rings. The molecular formula is C32H34F4. The summed E-state index contributed by atoms with van der Waals surface area (Å²) >= 11 is 0. The van der Waals surface area contributed by atoms with Crippen molar-refractivity contribution in [1.82, 2.24) is 0 Å². The van der Waals surface area contributed by atoms with Gasteiger partial charge in [0.05, 0.1) is 5.56 Å². The molecule has 0 amide bonds. The second-order valence-corrected chi connectivity index (χ2v) is 10.3. The van der Waals surface area contributed by atoms with E-state index in [-0.39, 0.29) is 29.0 Å². The molecule has 0 aromatic heterocycles. The number of rotatable bonds is 5. The molecule has 0 nitrogen and oxygen atoms in total. The molecular weight excluding hydrogens is 460 g/mol. The third-order valence-corrected chi connectivity index (χ3v) is 7.92. The van der Waals surface area contributed by atoms with Crippen molar-refractivity contribution in [1.29, 1.82) is 0 Å². The molecule has 0 radical (unpaired) electrons. The van der Waals surface area contributed by atoms with E-state index >= 15 is 0 Å². The summed E-state index contributed by atoms with van der Waals surface area (Å²) in [6.45, 7) is 3.91. The van der Waals surface area contributed by atoms with Crippen molar-refractivity contribution in [2.75, 3.05) is 0 Å². The van der Waals surface area contributed by atoms with E-state index in [1.165, 1.54) is 31.4 Å². The van der Waals surface area contributed by atoms with Gasteiger partial charge in [0.2, 0.25) is 0 Å². The number of hydrogen-bond donors (Lipinski definition) is 0. The fourth-order valence-electron chi connectivity index (χ4n) is 6.07. The summed E-state index contributed by atoms with van der Waals surface area (Å²) in [5.41, 5.74) is 0.365. The van der Waals surface area contributed by atoms with Crippen LogP contribution in [0.2, 0.25) is 0 Å². The van der Waals surface area contributed by atoms with E-state index < -0.39 is 23.3 Å². The number of hydrogen-bond acceptors (Lipinski definition) is 0. The van der Waals surface area contributed by atoms with Crippen LogP contribution in [0.4, 0.5) is 17.6 Å². The molecule has 0 aliphatic heterocycles. The summed E-state index contributed by atoms with van der Waals surface area (Å²) in [6, 6.07) is 5.04. The van der Waals surface area contributed by atoms with Gasteiger partial charge in [-0.05, 0) is 119 Å². The van der Waals surface area contributed by atoms with Gasteiger partial charge in [0.1, 0.15) is 23.3 Å². The normalized spacial score (nSPS) is 24.1. The topological polar surface area (TPSA) is 0 Å². The first-order chi connectivity index (χ1) is 17.4. The van der Waals surface area contributed by atoms with E-state index in [4.69, 9.17) is 0 Å². The Kier molecular flexibility index (Phi) is 8.72. The van der Waals surface area contributed by atoms with Gasteiger partial charge >= 0.3 is 0 Å². The van der Waals surface area contributed by atoms with E-state index in [0.717, 1.165) is 31.4 Å². The zero-order valence-corrected chi connectivity index (χ0v) is 21.1. The third kappa shape index (κ3) is 6.12. The zero-order chi connectivity index (χ0) is 25.7. The molecule has 0 bridgehead atoms. The minimum Gasteiger partial charge on any atom is -0.207 e. The fourth-order valence-corrected chi connectivity index (χ4v) is 6.07. The number of allylic oxidation sites excluding steroid dienone is 4. The Hall–Kier alpha value is -2.80. The van der Waals surface area contributed by atoms with Gasteiger partial charge in [-0.3, -0.25) is 0 Å². The summed E-state index contributed by atoms with van der Waals surface area (Å²) in [7, 11) is 0. The first kappa shape index (κ1) is 26.3. The van der Waals surface area contributed by atoms with E-state index in [1.807, 2.05) is 19.1 Å². The summed E-state index contributed by atoms with van der Waals surface area (Å²) in [5.74, 6) is 4.29. The minimum absolute atomic E-state index is 0.00889. The van der Waals surface area contributed by atoms with Crippen molar-refractivity contribution in [3.63, 3.8) is 0 Å². The molecule has 4 rings (SSSR count). The third-order valence-electron chi connectivity index (χ3n) is 7.92. The van der Waals surface area contributed by atoms with Gasteiger partial charge in [-0.1, -0.05) is 36.1 Å². The summed E-state index contributed by atoms with van der Waals surface area (Å²) < 4.78 is 58.6. The van der Waals surface area contributed by atoms with Crippen molar-refractivity contribution < 1.29 is 17.6 Å². The Balaban J connectivity index is 1.48. The SMILES string of the molecule is C/C=C/CCc1c(F)cc(C#Cc2c(F)cc(C3CCC4CC(/C=C/C)CCC4C3)cc2F)cc1F. The standard InChI is InChI=1S/C32H34F4/c1-3-5-6-8-27-29(33)16-22(17-30(27)34)10-14-28-31(35)19-26(20-32(28)36)25-13-12-23-15-21(7-4-2)9-11-24(23)18-25/h3-5,7,16-17,19-21,23-25H,6,8-9,11-13,15,18H2,1-2H3/b5-3+,7-4+. The summed E-state index contributed by atoms with van der Waals surface area (Å²) in [5, 5.41) is 0. The number of fused-ring (bicyclic) bond motifs is 1. The highest BCUT2D eigenvalue weighted by atomic mass is 19.1. The Labute approximate surface area is 212 Å². The summed E-state index contributed by atoms with van der Waals surface area (Å²) in [4.78, 5) is 0. The van der Waals surface area contributed by atoms with Crippen molar-refractivity contribution in [3.05, 3.63) is 94.1 Å². The van der Waals surface area contributed by atoms with Crippen LogP contribution in [0, 0.1) is 52.9 Å². The van der Waals surface area contributed by atoms with Gasteiger partial charge in [0.15, 0.2) is 0 Å². The van der Waals surface area contributed by atoms with Crippen molar-refractivity contribution in [3.8, 4) is 11.8 Å². The Morgan fingerprint density at radius 2 is 1.44 bits per heavy atom. The Morgan fingerprint density at radius 3 is 2.11 bits per heavy atom. The monoisotopic (exact) mass is 494 g/mol. The van der Waals surface area contributed by atoms with Crippen LogP contribution in [0.5, 0.6) is 0 Å². The zero-order valence-electron chi connectivity index (χ0n) is 21.1. The van der Waals surface area contributed by atoms with Crippen LogP contribution in [0.15, 0.2) is 48.6 Å². The average molecular weight is 495 g/mol. The van der Waals surface area contributed by atoms with Gasteiger partial charge < -0.3 is 0 Å². The molecule has 2 fully saturated rings. The molecule has 0 N–H and O–H groups in total. The molecule has 2 saturated carbocycles. The van der Waals surface area contributed by atoms with Crippen LogP contribution >= 0.6 is 0 Å². The minimum atomic E-state index is -0.722. The van der Waals surface area contributed by atoms with Crippen LogP contribution in [0.25, 0.3) is 0 Å². The molecule has 0 spiro atoms. The lowest BCUT2D eigenvalue weighted by atomic mass is 9.64. The molecule has 0 heterocycles.